The number of carbonyl (C=O) groups is 3. The summed E-state index contributed by atoms with van der Waals surface area (Å²) in [6.07, 6.45) is 4.14. The molecule has 1 unspecified atom stereocenters. The molecular formula is C15H24N2O4. The minimum atomic E-state index is -0.842. The molecule has 2 heterocycles. The Morgan fingerprint density at radius 3 is 2.29 bits per heavy atom. The van der Waals surface area contributed by atoms with Crippen molar-refractivity contribution in [2.45, 2.75) is 51.5 Å². The maximum atomic E-state index is 12.7. The van der Waals surface area contributed by atoms with Crippen molar-refractivity contribution in [2.24, 2.45) is 5.92 Å². The molecule has 1 atom stereocenters. The standard InChI is InChI=1S/C15H24N2O4/c1-11(18)16-8-5-12(6-9-16)15(21)17-7-3-2-4-13(17)10-14(19)20/h12-13H,2-10H2,1H3,(H,19,20). The van der Waals surface area contributed by atoms with Gasteiger partial charge in [0.1, 0.15) is 0 Å². The summed E-state index contributed by atoms with van der Waals surface area (Å²) in [5, 5.41) is 8.99. The molecule has 2 fully saturated rings. The lowest BCUT2D eigenvalue weighted by Crippen LogP contribution is -2.49. The minimum Gasteiger partial charge on any atom is -0.481 e. The fourth-order valence-electron chi connectivity index (χ4n) is 3.38. The molecular weight excluding hydrogens is 272 g/mol. The van der Waals surface area contributed by atoms with Crippen LogP contribution in [0.3, 0.4) is 0 Å². The quantitative estimate of drug-likeness (QED) is 0.846. The molecule has 0 radical (unpaired) electrons. The van der Waals surface area contributed by atoms with Gasteiger partial charge in [0.05, 0.1) is 6.42 Å². The van der Waals surface area contributed by atoms with Gasteiger partial charge in [0.2, 0.25) is 11.8 Å². The van der Waals surface area contributed by atoms with Crippen molar-refractivity contribution in [3.63, 3.8) is 0 Å². The molecule has 2 aliphatic heterocycles. The van der Waals surface area contributed by atoms with E-state index in [1.54, 1.807) is 16.7 Å². The van der Waals surface area contributed by atoms with Crippen LogP contribution in [-0.2, 0) is 14.4 Å². The van der Waals surface area contributed by atoms with Gasteiger partial charge in [-0.05, 0) is 32.1 Å². The number of likely N-dealkylation sites (tertiary alicyclic amines) is 2. The summed E-state index contributed by atoms with van der Waals surface area (Å²) < 4.78 is 0. The van der Waals surface area contributed by atoms with Crippen molar-refractivity contribution >= 4 is 17.8 Å². The molecule has 2 aliphatic rings. The van der Waals surface area contributed by atoms with E-state index in [0.717, 1.165) is 19.3 Å². The number of hydrogen-bond donors (Lipinski definition) is 1. The average molecular weight is 296 g/mol. The fraction of sp³-hybridized carbons (Fsp3) is 0.800. The van der Waals surface area contributed by atoms with E-state index in [1.807, 2.05) is 0 Å². The van der Waals surface area contributed by atoms with Crippen molar-refractivity contribution in [1.82, 2.24) is 9.80 Å². The SMILES string of the molecule is CC(=O)N1CCC(C(=O)N2CCCCC2CC(=O)O)CC1. The van der Waals surface area contributed by atoms with E-state index >= 15 is 0 Å². The van der Waals surface area contributed by atoms with Crippen molar-refractivity contribution in [2.75, 3.05) is 19.6 Å². The molecule has 2 rings (SSSR count). The number of carbonyl (C=O) groups excluding carboxylic acids is 2. The van der Waals surface area contributed by atoms with E-state index in [4.69, 9.17) is 5.11 Å². The second kappa shape index (κ2) is 6.91. The number of rotatable bonds is 3. The highest BCUT2D eigenvalue weighted by atomic mass is 16.4. The molecule has 0 saturated carbocycles. The zero-order chi connectivity index (χ0) is 15.4. The first-order chi connectivity index (χ1) is 9.99. The number of carboxylic acids is 1. The van der Waals surface area contributed by atoms with Crippen LogP contribution < -0.4 is 0 Å². The molecule has 118 valence electrons. The zero-order valence-electron chi connectivity index (χ0n) is 12.6. The Balaban J connectivity index is 1.94. The largest absolute Gasteiger partial charge is 0.481 e. The van der Waals surface area contributed by atoms with E-state index < -0.39 is 5.97 Å². The molecule has 0 aliphatic carbocycles. The van der Waals surface area contributed by atoms with Crippen LogP contribution in [0.5, 0.6) is 0 Å². The zero-order valence-corrected chi connectivity index (χ0v) is 12.6. The van der Waals surface area contributed by atoms with Gasteiger partial charge < -0.3 is 14.9 Å². The summed E-state index contributed by atoms with van der Waals surface area (Å²) in [4.78, 5) is 38.5. The maximum absolute atomic E-state index is 12.7. The normalized spacial score (nSPS) is 24.0. The number of piperidine rings is 2. The number of nitrogens with zero attached hydrogens (tertiary/aromatic N) is 2. The number of aliphatic carboxylic acids is 1. The van der Waals surface area contributed by atoms with E-state index in [9.17, 15) is 14.4 Å². The third kappa shape index (κ3) is 3.95. The predicted molar refractivity (Wildman–Crippen MR) is 76.6 cm³/mol. The average Bonchev–Trinajstić information content (AvgIpc) is 2.46. The van der Waals surface area contributed by atoms with Gasteiger partial charge in [0.25, 0.3) is 0 Å². The summed E-state index contributed by atoms with van der Waals surface area (Å²) in [7, 11) is 0. The van der Waals surface area contributed by atoms with Gasteiger partial charge in [0.15, 0.2) is 0 Å². The number of carboxylic acid groups (broad SMARTS) is 1. The van der Waals surface area contributed by atoms with E-state index in [2.05, 4.69) is 0 Å². The highest BCUT2D eigenvalue weighted by Crippen LogP contribution is 2.26. The molecule has 0 aromatic carbocycles. The fourth-order valence-corrected chi connectivity index (χ4v) is 3.38. The lowest BCUT2D eigenvalue weighted by molar-refractivity contribution is -0.146. The van der Waals surface area contributed by atoms with Crippen molar-refractivity contribution < 1.29 is 19.5 Å². The topological polar surface area (TPSA) is 77.9 Å². The predicted octanol–water partition coefficient (Wildman–Crippen LogP) is 1.10. The number of hydrogen-bond acceptors (Lipinski definition) is 3. The Bertz CT molecular complexity index is 416. The first kappa shape index (κ1) is 15.8. The van der Waals surface area contributed by atoms with Gasteiger partial charge in [-0.3, -0.25) is 14.4 Å². The summed E-state index contributed by atoms with van der Waals surface area (Å²) in [6.45, 7) is 3.48. The Morgan fingerprint density at radius 2 is 1.71 bits per heavy atom. The van der Waals surface area contributed by atoms with E-state index in [0.29, 0.717) is 32.5 Å². The lowest BCUT2D eigenvalue weighted by Gasteiger charge is -2.39. The Labute approximate surface area is 125 Å². The van der Waals surface area contributed by atoms with E-state index in [1.165, 1.54) is 0 Å². The van der Waals surface area contributed by atoms with Gasteiger partial charge in [0, 0.05) is 38.5 Å². The summed E-state index contributed by atoms with van der Waals surface area (Å²) >= 11 is 0. The summed E-state index contributed by atoms with van der Waals surface area (Å²) in [5.41, 5.74) is 0. The van der Waals surface area contributed by atoms with Crippen molar-refractivity contribution in [3.05, 3.63) is 0 Å². The van der Waals surface area contributed by atoms with Crippen LogP contribution in [0.2, 0.25) is 0 Å². The highest BCUT2D eigenvalue weighted by Gasteiger charge is 2.34. The van der Waals surface area contributed by atoms with Gasteiger partial charge in [-0.2, -0.15) is 0 Å². The second-order valence-corrected chi connectivity index (χ2v) is 6.06. The number of amides is 2. The third-order valence-corrected chi connectivity index (χ3v) is 4.61. The first-order valence-corrected chi connectivity index (χ1v) is 7.77. The molecule has 0 spiro atoms. The molecule has 6 nitrogen and oxygen atoms in total. The van der Waals surface area contributed by atoms with Crippen molar-refractivity contribution in [1.29, 1.82) is 0 Å². The van der Waals surface area contributed by atoms with Gasteiger partial charge in [-0.15, -0.1) is 0 Å². The molecule has 0 bridgehead atoms. The van der Waals surface area contributed by atoms with Crippen LogP contribution in [0.15, 0.2) is 0 Å². The van der Waals surface area contributed by atoms with Crippen LogP contribution in [0.1, 0.15) is 45.4 Å². The van der Waals surface area contributed by atoms with E-state index in [-0.39, 0.29) is 30.2 Å². The smallest absolute Gasteiger partial charge is 0.305 e. The Morgan fingerprint density at radius 1 is 1.05 bits per heavy atom. The molecule has 2 amide bonds. The molecule has 2 saturated heterocycles. The monoisotopic (exact) mass is 296 g/mol. The minimum absolute atomic E-state index is 0.0397. The summed E-state index contributed by atoms with van der Waals surface area (Å²) in [5.74, 6) is -0.757. The molecule has 1 N–H and O–H groups in total. The van der Waals surface area contributed by atoms with Gasteiger partial charge in [-0.25, -0.2) is 0 Å². The molecule has 0 aromatic rings. The second-order valence-electron chi connectivity index (χ2n) is 6.06. The lowest BCUT2D eigenvalue weighted by atomic mass is 9.91. The third-order valence-electron chi connectivity index (χ3n) is 4.61. The van der Waals surface area contributed by atoms with Crippen molar-refractivity contribution in [3.8, 4) is 0 Å². The van der Waals surface area contributed by atoms with Crippen LogP contribution in [-0.4, -0.2) is 58.4 Å². The molecule has 21 heavy (non-hydrogen) atoms. The van der Waals surface area contributed by atoms with Gasteiger partial charge >= 0.3 is 5.97 Å². The Kier molecular flexibility index (Phi) is 5.20. The Hall–Kier alpha value is -1.59. The van der Waals surface area contributed by atoms with Crippen LogP contribution in [0.4, 0.5) is 0 Å². The molecule has 0 aromatic heterocycles. The first-order valence-electron chi connectivity index (χ1n) is 7.77. The van der Waals surface area contributed by atoms with Crippen LogP contribution in [0, 0.1) is 5.92 Å². The highest BCUT2D eigenvalue weighted by molar-refractivity contribution is 5.81. The van der Waals surface area contributed by atoms with Crippen LogP contribution >= 0.6 is 0 Å². The maximum Gasteiger partial charge on any atom is 0.305 e. The van der Waals surface area contributed by atoms with Gasteiger partial charge in [-0.1, -0.05) is 0 Å². The molecule has 6 heteroatoms. The summed E-state index contributed by atoms with van der Waals surface area (Å²) in [6, 6.07) is -0.158. The van der Waals surface area contributed by atoms with Crippen LogP contribution in [0.25, 0.3) is 0 Å².